The minimum Gasteiger partial charge on any atom is -0.274 e. The van der Waals surface area contributed by atoms with Crippen molar-refractivity contribution in [3.63, 3.8) is 0 Å². The zero-order valence-electron chi connectivity index (χ0n) is 9.01. The summed E-state index contributed by atoms with van der Waals surface area (Å²) in [5.74, 6) is 0. The number of hydrogen-bond donors (Lipinski definition) is 1. The summed E-state index contributed by atoms with van der Waals surface area (Å²) >= 11 is 3.03. The molecule has 1 nitrogen and oxygen atoms in total. The summed E-state index contributed by atoms with van der Waals surface area (Å²) in [6, 6.07) is 16.9. The van der Waals surface area contributed by atoms with Crippen molar-refractivity contribution in [1.29, 1.82) is 0 Å². The van der Waals surface area contributed by atoms with Crippen molar-refractivity contribution < 1.29 is 0 Å². The number of thioether (sulfide) groups is 1. The molecule has 2 N–H and O–H groups in total. The van der Waals surface area contributed by atoms with E-state index in [1.807, 2.05) is 12.1 Å². The van der Waals surface area contributed by atoms with Gasteiger partial charge in [0, 0.05) is 9.79 Å². The monoisotopic (exact) mass is 247 g/mol. The summed E-state index contributed by atoms with van der Waals surface area (Å²) in [4.78, 5) is 2.38. The molecule has 2 aromatic rings. The summed E-state index contributed by atoms with van der Waals surface area (Å²) in [6.07, 6.45) is 2.09. The Hall–Kier alpha value is -0.900. The Morgan fingerprint density at radius 3 is 1.56 bits per heavy atom. The van der Waals surface area contributed by atoms with Crippen molar-refractivity contribution in [3.8, 4) is 11.1 Å². The molecule has 0 aliphatic heterocycles. The van der Waals surface area contributed by atoms with Crippen molar-refractivity contribution in [2.24, 2.45) is 5.14 Å². The van der Waals surface area contributed by atoms with E-state index in [1.165, 1.54) is 28.0 Å². The summed E-state index contributed by atoms with van der Waals surface area (Å²) in [7, 11) is 0. The molecule has 0 bridgehead atoms. The molecular weight excluding hydrogens is 234 g/mol. The van der Waals surface area contributed by atoms with Crippen molar-refractivity contribution in [3.05, 3.63) is 48.5 Å². The maximum absolute atomic E-state index is 5.49. The van der Waals surface area contributed by atoms with Gasteiger partial charge in [-0.3, -0.25) is 5.14 Å². The predicted molar refractivity (Wildman–Crippen MR) is 73.7 cm³/mol. The average molecular weight is 247 g/mol. The first-order valence-electron chi connectivity index (χ1n) is 4.94. The Morgan fingerprint density at radius 1 is 0.750 bits per heavy atom. The minimum absolute atomic E-state index is 1.09. The van der Waals surface area contributed by atoms with Gasteiger partial charge in [-0.2, -0.15) is 0 Å². The van der Waals surface area contributed by atoms with Gasteiger partial charge in [-0.15, -0.1) is 11.8 Å². The molecule has 3 heteroatoms. The molecule has 82 valence electrons. The molecule has 0 saturated heterocycles. The zero-order valence-corrected chi connectivity index (χ0v) is 10.6. The summed E-state index contributed by atoms with van der Waals surface area (Å²) in [5.41, 5.74) is 2.47. The van der Waals surface area contributed by atoms with Crippen LogP contribution in [0.5, 0.6) is 0 Å². The summed E-state index contributed by atoms with van der Waals surface area (Å²) in [5, 5.41) is 5.49. The van der Waals surface area contributed by atoms with Crippen LogP contribution in [-0.2, 0) is 0 Å². The van der Waals surface area contributed by atoms with Gasteiger partial charge in [0.25, 0.3) is 0 Å². The third-order valence-electron chi connectivity index (χ3n) is 2.41. The second-order valence-corrected chi connectivity index (χ2v) is 4.96. The molecule has 2 rings (SSSR count). The van der Waals surface area contributed by atoms with Crippen LogP contribution in [-0.4, -0.2) is 6.26 Å². The quantitative estimate of drug-likeness (QED) is 0.655. The largest absolute Gasteiger partial charge is 0.274 e. The van der Waals surface area contributed by atoms with E-state index in [0.717, 1.165) is 4.90 Å². The van der Waals surface area contributed by atoms with Crippen LogP contribution in [0.15, 0.2) is 58.3 Å². The van der Waals surface area contributed by atoms with Crippen LogP contribution in [0, 0.1) is 0 Å². The first-order valence-corrected chi connectivity index (χ1v) is 7.05. The average Bonchev–Trinajstić information content (AvgIpc) is 2.39. The highest BCUT2D eigenvalue weighted by Crippen LogP contribution is 2.24. The van der Waals surface area contributed by atoms with E-state index in [1.54, 1.807) is 11.8 Å². The van der Waals surface area contributed by atoms with Crippen LogP contribution in [0.25, 0.3) is 11.1 Å². The topological polar surface area (TPSA) is 26.0 Å². The molecule has 0 spiro atoms. The van der Waals surface area contributed by atoms with E-state index in [0.29, 0.717) is 0 Å². The third-order valence-corrected chi connectivity index (χ3v) is 3.70. The van der Waals surface area contributed by atoms with Gasteiger partial charge in [-0.05, 0) is 53.6 Å². The van der Waals surface area contributed by atoms with Crippen LogP contribution >= 0.6 is 23.7 Å². The molecule has 0 heterocycles. The van der Waals surface area contributed by atoms with Crippen molar-refractivity contribution in [2.75, 3.05) is 6.26 Å². The Bertz CT molecular complexity index is 403. The van der Waals surface area contributed by atoms with Crippen molar-refractivity contribution in [2.45, 2.75) is 9.79 Å². The number of hydrogen-bond acceptors (Lipinski definition) is 3. The number of nitrogens with two attached hydrogens (primary N) is 1. The van der Waals surface area contributed by atoms with Crippen LogP contribution < -0.4 is 5.14 Å². The molecule has 0 saturated carbocycles. The second-order valence-electron chi connectivity index (χ2n) is 3.37. The lowest BCUT2D eigenvalue weighted by Crippen LogP contribution is -1.81. The van der Waals surface area contributed by atoms with Gasteiger partial charge in [-0.1, -0.05) is 24.3 Å². The Kier molecular flexibility index (Phi) is 3.93. The highest BCUT2D eigenvalue weighted by atomic mass is 32.2. The SMILES string of the molecule is CSc1ccc(-c2ccc(SN)cc2)cc1. The van der Waals surface area contributed by atoms with Gasteiger partial charge in [0.05, 0.1) is 0 Å². The predicted octanol–water partition coefficient (Wildman–Crippen LogP) is 4.04. The van der Waals surface area contributed by atoms with E-state index in [4.69, 9.17) is 5.14 Å². The van der Waals surface area contributed by atoms with E-state index in [9.17, 15) is 0 Å². The molecule has 16 heavy (non-hydrogen) atoms. The van der Waals surface area contributed by atoms with Gasteiger partial charge >= 0.3 is 0 Å². The standard InChI is InChI=1S/C13H13NS2/c1-15-12-6-2-10(3-7-12)11-4-8-13(16-14)9-5-11/h2-9H,14H2,1H3. The first-order chi connectivity index (χ1) is 7.83. The lowest BCUT2D eigenvalue weighted by Gasteiger charge is -2.03. The summed E-state index contributed by atoms with van der Waals surface area (Å²) in [6.45, 7) is 0. The van der Waals surface area contributed by atoms with Gasteiger partial charge in [-0.25, -0.2) is 0 Å². The number of benzene rings is 2. The smallest absolute Gasteiger partial charge is 0.0226 e. The maximum Gasteiger partial charge on any atom is 0.0226 e. The van der Waals surface area contributed by atoms with E-state index < -0.39 is 0 Å². The van der Waals surface area contributed by atoms with Crippen molar-refractivity contribution >= 4 is 23.7 Å². The van der Waals surface area contributed by atoms with Crippen LogP contribution in [0.2, 0.25) is 0 Å². The van der Waals surface area contributed by atoms with Crippen LogP contribution in [0.3, 0.4) is 0 Å². The molecule has 0 aliphatic carbocycles. The molecule has 0 radical (unpaired) electrons. The van der Waals surface area contributed by atoms with Gasteiger partial charge in [0.2, 0.25) is 0 Å². The number of rotatable bonds is 3. The normalized spacial score (nSPS) is 10.4. The maximum atomic E-state index is 5.49. The second kappa shape index (κ2) is 5.43. The van der Waals surface area contributed by atoms with E-state index >= 15 is 0 Å². The highest BCUT2D eigenvalue weighted by Gasteiger charge is 1.98. The lowest BCUT2D eigenvalue weighted by molar-refractivity contribution is 1.43. The van der Waals surface area contributed by atoms with Gasteiger partial charge in [0.1, 0.15) is 0 Å². The molecule has 0 unspecified atom stereocenters. The zero-order chi connectivity index (χ0) is 11.4. The Balaban J connectivity index is 2.28. The lowest BCUT2D eigenvalue weighted by atomic mass is 10.1. The van der Waals surface area contributed by atoms with Crippen molar-refractivity contribution in [1.82, 2.24) is 0 Å². The molecular formula is C13H13NS2. The minimum atomic E-state index is 1.09. The molecule has 0 aromatic heterocycles. The molecule has 2 aromatic carbocycles. The van der Waals surface area contributed by atoms with E-state index in [2.05, 4.69) is 42.7 Å². The fourth-order valence-corrected chi connectivity index (χ4v) is 2.21. The Labute approximate surface area is 105 Å². The summed E-state index contributed by atoms with van der Waals surface area (Å²) < 4.78 is 0. The van der Waals surface area contributed by atoms with Gasteiger partial charge < -0.3 is 0 Å². The van der Waals surface area contributed by atoms with E-state index in [-0.39, 0.29) is 0 Å². The Morgan fingerprint density at radius 2 is 1.19 bits per heavy atom. The van der Waals surface area contributed by atoms with Crippen LogP contribution in [0.1, 0.15) is 0 Å². The van der Waals surface area contributed by atoms with Crippen LogP contribution in [0.4, 0.5) is 0 Å². The molecule has 0 amide bonds. The molecule has 0 aliphatic rings. The fourth-order valence-electron chi connectivity index (χ4n) is 1.51. The first kappa shape index (κ1) is 11.6. The molecule has 0 atom stereocenters. The third kappa shape index (κ3) is 2.61. The van der Waals surface area contributed by atoms with Gasteiger partial charge in [0.15, 0.2) is 0 Å². The molecule has 0 fully saturated rings. The highest BCUT2D eigenvalue weighted by molar-refractivity contribution is 7.98. The fraction of sp³-hybridized carbons (Fsp3) is 0.0769.